The van der Waals surface area contributed by atoms with Crippen LogP contribution in [0.3, 0.4) is 0 Å². The molecule has 1 unspecified atom stereocenters. The van der Waals surface area contributed by atoms with Gasteiger partial charge in [-0.3, -0.25) is 14.7 Å². The predicted molar refractivity (Wildman–Crippen MR) is 124 cm³/mol. The molecule has 0 saturated heterocycles. The Balaban J connectivity index is 1.89. The van der Waals surface area contributed by atoms with Gasteiger partial charge in [0.1, 0.15) is 5.69 Å². The van der Waals surface area contributed by atoms with Crippen LogP contribution >= 0.6 is 0 Å². The number of carbonyl (C=O) groups is 3. The van der Waals surface area contributed by atoms with Crippen molar-refractivity contribution in [1.82, 2.24) is 15.2 Å². The lowest BCUT2D eigenvalue weighted by atomic mass is 9.92. The first-order valence-electron chi connectivity index (χ1n) is 11.2. The smallest absolute Gasteiger partial charge is 0.389 e. The van der Waals surface area contributed by atoms with Crippen molar-refractivity contribution < 1.29 is 32.7 Å². The van der Waals surface area contributed by atoms with Gasteiger partial charge < -0.3 is 10.4 Å². The monoisotopic (exact) mass is 513 g/mol. The zero-order valence-corrected chi connectivity index (χ0v) is 19.8. The molecule has 1 aliphatic carbocycles. The summed E-state index contributed by atoms with van der Waals surface area (Å²) in [6.45, 7) is 2.63. The highest BCUT2D eigenvalue weighted by atomic mass is 19.4. The van der Waals surface area contributed by atoms with Gasteiger partial charge in [0.25, 0.3) is 0 Å². The molecule has 0 radical (unpaired) electrons. The maximum Gasteiger partial charge on any atom is 0.433 e. The molecular weight excluding hydrogens is 491 g/mol. The molecular formula is C25H22F3N5O4. The maximum absolute atomic E-state index is 13.8. The van der Waals surface area contributed by atoms with Crippen molar-refractivity contribution >= 4 is 23.5 Å². The van der Waals surface area contributed by atoms with E-state index in [1.54, 1.807) is 0 Å². The largest absolute Gasteiger partial charge is 0.433 e. The van der Waals surface area contributed by atoms with Crippen molar-refractivity contribution in [3.05, 3.63) is 70.7 Å². The second kappa shape index (κ2) is 9.33. The number of halogens is 3. The summed E-state index contributed by atoms with van der Waals surface area (Å²) in [7, 11) is 0. The number of amides is 4. The fraction of sp³-hybridized carbons (Fsp3) is 0.320. The molecule has 192 valence electrons. The van der Waals surface area contributed by atoms with E-state index in [9.17, 15) is 32.7 Å². The van der Waals surface area contributed by atoms with E-state index >= 15 is 0 Å². The SMILES string of the molecule is CC(C)(O)CNC(=O)N1C(=O)N(c2ccnc(C(F)(F)F)c2)C2=C(C(=O)CC2)C1c1ccc(C#N)cc1. The first-order valence-corrected chi connectivity index (χ1v) is 11.2. The number of ketones is 1. The Morgan fingerprint density at radius 1 is 1.19 bits per heavy atom. The highest BCUT2D eigenvalue weighted by Crippen LogP contribution is 2.45. The lowest BCUT2D eigenvalue weighted by Crippen LogP contribution is -2.56. The summed E-state index contributed by atoms with van der Waals surface area (Å²) in [5.74, 6) is -0.368. The molecule has 4 rings (SSSR count). The van der Waals surface area contributed by atoms with E-state index in [0.717, 1.165) is 16.0 Å². The molecule has 2 N–H and O–H groups in total. The molecule has 9 nitrogen and oxygen atoms in total. The zero-order chi connectivity index (χ0) is 27.1. The van der Waals surface area contributed by atoms with Gasteiger partial charge in [0.2, 0.25) is 0 Å². The standard InChI is InChI=1S/C25H22F3N5O4/c1-24(2,37)13-31-22(35)33-21(15-5-3-14(12-29)4-6-15)20-17(7-8-18(20)34)32(23(33)36)16-9-10-30-19(11-16)25(26,27)28/h3-6,9-11,21,37H,7-8,13H2,1-2H3,(H,31,35). The van der Waals surface area contributed by atoms with Crippen LogP contribution in [0.4, 0.5) is 28.4 Å². The first-order chi connectivity index (χ1) is 17.3. The number of hydrogen-bond donors (Lipinski definition) is 2. The minimum absolute atomic E-state index is 0.00241. The number of alkyl halides is 3. The zero-order valence-electron chi connectivity index (χ0n) is 19.8. The van der Waals surface area contributed by atoms with Gasteiger partial charge in [-0.1, -0.05) is 12.1 Å². The third kappa shape index (κ3) is 5.03. The molecule has 1 aromatic heterocycles. The highest BCUT2D eigenvalue weighted by Gasteiger charge is 2.49. The summed E-state index contributed by atoms with van der Waals surface area (Å²) >= 11 is 0. The number of Topliss-reactive ketones (excluding diaryl/α,β-unsaturated/α-hetero) is 1. The van der Waals surface area contributed by atoms with Crippen LogP contribution in [-0.4, -0.2) is 45.0 Å². The minimum atomic E-state index is -4.79. The number of rotatable bonds is 4. The second-order valence-corrected chi connectivity index (χ2v) is 9.28. The van der Waals surface area contributed by atoms with E-state index in [0.29, 0.717) is 17.2 Å². The number of nitrogens with zero attached hydrogens (tertiary/aromatic N) is 4. The number of hydrogen-bond acceptors (Lipinski definition) is 6. The van der Waals surface area contributed by atoms with Gasteiger partial charge >= 0.3 is 18.2 Å². The van der Waals surface area contributed by atoms with Crippen molar-refractivity contribution in [3.63, 3.8) is 0 Å². The van der Waals surface area contributed by atoms with Gasteiger partial charge in [0, 0.05) is 30.4 Å². The number of anilines is 1. The van der Waals surface area contributed by atoms with E-state index in [1.807, 2.05) is 6.07 Å². The van der Waals surface area contributed by atoms with Crippen molar-refractivity contribution in [2.24, 2.45) is 0 Å². The Bertz CT molecular complexity index is 1340. The van der Waals surface area contributed by atoms with E-state index < -0.39 is 35.6 Å². The molecule has 0 fully saturated rings. The lowest BCUT2D eigenvalue weighted by molar-refractivity contribution is -0.141. The first kappa shape index (κ1) is 25.8. The summed E-state index contributed by atoms with van der Waals surface area (Å²) in [4.78, 5) is 45.3. The Morgan fingerprint density at radius 3 is 2.46 bits per heavy atom. The summed E-state index contributed by atoms with van der Waals surface area (Å²) in [6.07, 6.45) is -3.81. The third-order valence-electron chi connectivity index (χ3n) is 5.94. The number of aromatic nitrogens is 1. The number of carbonyl (C=O) groups excluding carboxylic acids is 3. The van der Waals surface area contributed by atoms with Crippen molar-refractivity contribution in [1.29, 1.82) is 5.26 Å². The normalized spacial score (nSPS) is 18.1. The number of urea groups is 2. The van der Waals surface area contributed by atoms with Crippen molar-refractivity contribution in [3.8, 4) is 6.07 Å². The van der Waals surface area contributed by atoms with E-state index in [-0.39, 0.29) is 42.1 Å². The van der Waals surface area contributed by atoms with E-state index in [1.165, 1.54) is 44.2 Å². The second-order valence-electron chi connectivity index (χ2n) is 9.28. The van der Waals surface area contributed by atoms with Gasteiger partial charge in [-0.25, -0.2) is 14.5 Å². The number of imide groups is 1. The molecule has 2 aromatic rings. The van der Waals surface area contributed by atoms with Crippen molar-refractivity contribution in [2.45, 2.75) is 44.5 Å². The molecule has 4 amide bonds. The molecule has 0 spiro atoms. The lowest BCUT2D eigenvalue weighted by Gasteiger charge is -2.41. The van der Waals surface area contributed by atoms with Crippen LogP contribution in [0.2, 0.25) is 0 Å². The molecule has 2 aliphatic rings. The number of pyridine rings is 1. The maximum atomic E-state index is 13.8. The summed E-state index contributed by atoms with van der Waals surface area (Å²) in [5, 5.41) is 21.7. The van der Waals surface area contributed by atoms with Crippen LogP contribution in [0.1, 0.15) is 49.6 Å². The number of aliphatic hydroxyl groups is 1. The van der Waals surface area contributed by atoms with Crippen LogP contribution in [0.15, 0.2) is 53.9 Å². The summed E-state index contributed by atoms with van der Waals surface area (Å²) in [6, 6.07) is 6.67. The fourth-order valence-corrected chi connectivity index (χ4v) is 4.28. The average molecular weight is 513 g/mol. The molecule has 1 atom stereocenters. The van der Waals surface area contributed by atoms with E-state index in [2.05, 4.69) is 10.3 Å². The van der Waals surface area contributed by atoms with Crippen molar-refractivity contribution in [2.75, 3.05) is 11.4 Å². The molecule has 1 aromatic carbocycles. The number of allylic oxidation sites excluding steroid dienone is 1. The Hall–Kier alpha value is -4.24. The topological polar surface area (TPSA) is 127 Å². The average Bonchev–Trinajstić information content (AvgIpc) is 3.21. The minimum Gasteiger partial charge on any atom is -0.389 e. The molecule has 1 aliphatic heterocycles. The van der Waals surface area contributed by atoms with Gasteiger partial charge in [-0.2, -0.15) is 18.4 Å². The van der Waals surface area contributed by atoms with Gasteiger partial charge in [-0.15, -0.1) is 0 Å². The van der Waals surface area contributed by atoms with Crippen LogP contribution in [0.5, 0.6) is 0 Å². The quantitative estimate of drug-likeness (QED) is 0.635. The van der Waals surface area contributed by atoms with Crippen LogP contribution in [0.25, 0.3) is 0 Å². The fourth-order valence-electron chi connectivity index (χ4n) is 4.28. The Kier molecular flexibility index (Phi) is 6.51. The summed E-state index contributed by atoms with van der Waals surface area (Å²) < 4.78 is 40.1. The molecule has 2 heterocycles. The van der Waals surface area contributed by atoms with Gasteiger partial charge in [0.15, 0.2) is 5.78 Å². The van der Waals surface area contributed by atoms with Crippen LogP contribution in [-0.2, 0) is 11.0 Å². The molecule has 0 bridgehead atoms. The van der Waals surface area contributed by atoms with Gasteiger partial charge in [0.05, 0.1) is 29.0 Å². The number of nitrogens with one attached hydrogen (secondary N) is 1. The summed E-state index contributed by atoms with van der Waals surface area (Å²) in [5.41, 5.74) is -1.82. The number of benzene rings is 1. The molecule has 37 heavy (non-hydrogen) atoms. The van der Waals surface area contributed by atoms with Crippen LogP contribution in [0, 0.1) is 11.3 Å². The van der Waals surface area contributed by atoms with E-state index in [4.69, 9.17) is 5.26 Å². The molecule has 12 heteroatoms. The predicted octanol–water partition coefficient (Wildman–Crippen LogP) is 4.05. The Labute approximate surface area is 209 Å². The highest BCUT2D eigenvalue weighted by molar-refractivity contribution is 6.12. The van der Waals surface area contributed by atoms with Crippen LogP contribution < -0.4 is 10.2 Å². The number of nitriles is 1. The van der Waals surface area contributed by atoms with Gasteiger partial charge in [-0.05, 0) is 50.1 Å². The third-order valence-corrected chi connectivity index (χ3v) is 5.94. The Morgan fingerprint density at radius 2 is 1.86 bits per heavy atom. The molecule has 0 saturated carbocycles.